The predicted molar refractivity (Wildman–Crippen MR) is 84.7 cm³/mol. The maximum Gasteiger partial charge on any atom is 0.376 e. The molecule has 2 fully saturated rings. The fourth-order valence-electron chi connectivity index (χ4n) is 3.67. The Kier molecular flexibility index (Phi) is 3.20. The summed E-state index contributed by atoms with van der Waals surface area (Å²) in [7, 11) is -1.94. The maximum atomic E-state index is 12.2. The zero-order valence-electron chi connectivity index (χ0n) is 13.1. The second-order valence-corrected chi connectivity index (χ2v) is 11.3. The third-order valence-corrected chi connectivity index (χ3v) is 5.40. The van der Waals surface area contributed by atoms with Gasteiger partial charge in [0.2, 0.25) is 5.78 Å². The Labute approximate surface area is 131 Å². The second kappa shape index (κ2) is 4.63. The van der Waals surface area contributed by atoms with Crippen LogP contribution in [0, 0.1) is 5.92 Å². The summed E-state index contributed by atoms with van der Waals surface area (Å²) in [6.07, 6.45) is 2.15. The van der Waals surface area contributed by atoms with Crippen LogP contribution >= 0.6 is 0 Å². The van der Waals surface area contributed by atoms with Gasteiger partial charge in [-0.15, -0.1) is 6.58 Å². The highest BCUT2D eigenvalue weighted by Crippen LogP contribution is 2.63. The van der Waals surface area contributed by atoms with Crippen molar-refractivity contribution in [2.45, 2.75) is 37.3 Å². The fourth-order valence-corrected chi connectivity index (χ4v) is 5.08. The quantitative estimate of drug-likeness (QED) is 0.371. The van der Waals surface area contributed by atoms with Crippen LogP contribution in [0.15, 0.2) is 43.0 Å². The summed E-state index contributed by atoms with van der Waals surface area (Å²) < 4.78 is 12.0. The minimum Gasteiger partial charge on any atom is -0.444 e. The number of benzene rings is 1. The van der Waals surface area contributed by atoms with E-state index in [4.69, 9.17) is 9.16 Å². The number of esters is 1. The molecule has 1 aromatic rings. The van der Waals surface area contributed by atoms with Crippen molar-refractivity contribution in [2.24, 2.45) is 5.92 Å². The number of ether oxygens (including phenoxy) is 1. The molecule has 1 aromatic carbocycles. The number of carbonyl (C=O) groups is 2. The van der Waals surface area contributed by atoms with Gasteiger partial charge >= 0.3 is 5.97 Å². The summed E-state index contributed by atoms with van der Waals surface area (Å²) in [5, 5.41) is 0. The van der Waals surface area contributed by atoms with E-state index < -0.39 is 37.2 Å². The Morgan fingerprint density at radius 1 is 1.27 bits per heavy atom. The minimum atomic E-state index is -1.94. The summed E-state index contributed by atoms with van der Waals surface area (Å²) in [5.74, 6) is -1.71. The lowest BCUT2D eigenvalue weighted by molar-refractivity contribution is -0.220. The van der Waals surface area contributed by atoms with Gasteiger partial charge in [0.25, 0.3) is 0 Å². The van der Waals surface area contributed by atoms with Crippen molar-refractivity contribution >= 4 is 20.1 Å². The monoisotopic (exact) mass is 316 g/mol. The van der Waals surface area contributed by atoms with E-state index in [2.05, 4.69) is 26.2 Å². The molecular weight excluding hydrogens is 296 g/mol. The van der Waals surface area contributed by atoms with Crippen LogP contribution in [-0.4, -0.2) is 25.7 Å². The lowest BCUT2D eigenvalue weighted by Crippen LogP contribution is -2.68. The van der Waals surface area contributed by atoms with Gasteiger partial charge in [-0.25, -0.2) is 4.79 Å². The molecule has 1 saturated heterocycles. The number of rotatable bonds is 4. The van der Waals surface area contributed by atoms with Crippen LogP contribution in [0.4, 0.5) is 0 Å². The van der Waals surface area contributed by atoms with Crippen LogP contribution in [0.3, 0.4) is 0 Å². The average molecular weight is 316 g/mol. The molecule has 5 heteroatoms. The molecule has 0 spiro atoms. The third kappa shape index (κ3) is 1.85. The van der Waals surface area contributed by atoms with Gasteiger partial charge in [0.15, 0.2) is 13.9 Å². The molecule has 3 rings (SSSR count). The molecule has 1 saturated carbocycles. The Morgan fingerprint density at radius 2 is 1.91 bits per heavy atom. The number of carbonyl (C=O) groups excluding carboxylic acids is 2. The van der Waals surface area contributed by atoms with E-state index in [-0.39, 0.29) is 0 Å². The summed E-state index contributed by atoms with van der Waals surface area (Å²) in [6.45, 7) is 10.1. The molecule has 0 unspecified atom stereocenters. The number of Topliss-reactive ketones (excluding diaryl/α,β-unsaturated/α-hetero) is 1. The first-order valence-corrected chi connectivity index (χ1v) is 10.8. The SMILES string of the molecule is C=C[C@@]1(O[Si](C)(C)C)C[C@@H]2C(=O)C(=O)O[C@@]21c1ccccc1. The van der Waals surface area contributed by atoms with E-state index >= 15 is 0 Å². The van der Waals surface area contributed by atoms with E-state index in [1.807, 2.05) is 30.3 Å². The Hall–Kier alpha value is -1.72. The molecule has 0 bridgehead atoms. The number of hydrogen-bond donors (Lipinski definition) is 0. The number of ketones is 1. The van der Waals surface area contributed by atoms with E-state index in [0.29, 0.717) is 6.42 Å². The van der Waals surface area contributed by atoms with Crippen LogP contribution in [0.25, 0.3) is 0 Å². The van der Waals surface area contributed by atoms with Gasteiger partial charge < -0.3 is 9.16 Å². The molecule has 0 aromatic heterocycles. The van der Waals surface area contributed by atoms with Gasteiger partial charge in [0.05, 0.1) is 5.92 Å². The Bertz CT molecular complexity index is 648. The summed E-state index contributed by atoms with van der Waals surface area (Å²) in [4.78, 5) is 24.1. The maximum absolute atomic E-state index is 12.2. The standard InChI is InChI=1S/C17H20O4Si/c1-5-16(21-22(2,3)4)11-13-14(18)15(19)20-17(13,16)12-9-7-6-8-10-12/h5-10,13H,1,11H2,2-4H3/t13-,16-,17+/m1/s1. The highest BCUT2D eigenvalue weighted by atomic mass is 28.4. The van der Waals surface area contributed by atoms with E-state index in [1.165, 1.54) is 0 Å². The van der Waals surface area contributed by atoms with Gasteiger partial charge in [-0.1, -0.05) is 36.4 Å². The van der Waals surface area contributed by atoms with Crippen molar-refractivity contribution in [2.75, 3.05) is 0 Å². The van der Waals surface area contributed by atoms with Crippen LogP contribution in [-0.2, 0) is 24.4 Å². The van der Waals surface area contributed by atoms with Crippen molar-refractivity contribution < 1.29 is 18.8 Å². The predicted octanol–water partition coefficient (Wildman–Crippen LogP) is 2.80. The summed E-state index contributed by atoms with van der Waals surface area (Å²) in [6, 6.07) is 9.39. The molecule has 4 nitrogen and oxygen atoms in total. The van der Waals surface area contributed by atoms with Gasteiger partial charge in [-0.2, -0.15) is 0 Å². The molecule has 2 aliphatic rings. The van der Waals surface area contributed by atoms with Gasteiger partial charge in [-0.3, -0.25) is 4.79 Å². The van der Waals surface area contributed by atoms with Crippen LogP contribution < -0.4 is 0 Å². The van der Waals surface area contributed by atoms with Gasteiger partial charge in [0.1, 0.15) is 5.60 Å². The van der Waals surface area contributed by atoms with Crippen molar-refractivity contribution in [3.63, 3.8) is 0 Å². The summed E-state index contributed by atoms with van der Waals surface area (Å²) in [5.41, 5.74) is -1.10. The van der Waals surface area contributed by atoms with Crippen LogP contribution in [0.5, 0.6) is 0 Å². The Balaban J connectivity index is 2.16. The van der Waals surface area contributed by atoms with Crippen molar-refractivity contribution in [1.82, 2.24) is 0 Å². The molecule has 3 atom stereocenters. The summed E-state index contributed by atoms with van der Waals surface area (Å²) >= 11 is 0. The highest BCUT2D eigenvalue weighted by molar-refractivity contribution is 6.69. The number of hydrogen-bond acceptors (Lipinski definition) is 4. The minimum absolute atomic E-state index is 0.445. The molecule has 22 heavy (non-hydrogen) atoms. The highest BCUT2D eigenvalue weighted by Gasteiger charge is 2.76. The van der Waals surface area contributed by atoms with Crippen molar-refractivity contribution in [3.8, 4) is 0 Å². The molecule has 1 heterocycles. The number of fused-ring (bicyclic) bond motifs is 1. The second-order valence-electron chi connectivity index (χ2n) is 6.92. The molecule has 116 valence electrons. The first-order chi connectivity index (χ1) is 10.3. The van der Waals surface area contributed by atoms with E-state index in [1.54, 1.807) is 6.08 Å². The largest absolute Gasteiger partial charge is 0.444 e. The third-order valence-electron chi connectivity index (χ3n) is 4.42. The first kappa shape index (κ1) is 15.2. The Morgan fingerprint density at radius 3 is 2.41 bits per heavy atom. The first-order valence-electron chi connectivity index (χ1n) is 7.42. The lowest BCUT2D eigenvalue weighted by Gasteiger charge is -2.58. The van der Waals surface area contributed by atoms with E-state index in [9.17, 15) is 9.59 Å². The molecule has 0 amide bonds. The fraction of sp³-hybridized carbons (Fsp3) is 0.412. The zero-order valence-corrected chi connectivity index (χ0v) is 14.1. The molecule has 0 radical (unpaired) electrons. The van der Waals surface area contributed by atoms with Gasteiger partial charge in [0, 0.05) is 0 Å². The van der Waals surface area contributed by atoms with Crippen LogP contribution in [0.1, 0.15) is 12.0 Å². The normalized spacial score (nSPS) is 33.9. The van der Waals surface area contributed by atoms with Crippen molar-refractivity contribution in [3.05, 3.63) is 48.6 Å². The lowest BCUT2D eigenvalue weighted by atomic mass is 9.54. The average Bonchev–Trinajstić information content (AvgIpc) is 2.67. The molecule has 1 aliphatic carbocycles. The van der Waals surface area contributed by atoms with E-state index in [0.717, 1.165) is 5.56 Å². The molecule has 1 aliphatic heterocycles. The smallest absolute Gasteiger partial charge is 0.376 e. The zero-order chi connectivity index (χ0) is 16.2. The van der Waals surface area contributed by atoms with Gasteiger partial charge in [-0.05, 0) is 31.6 Å². The van der Waals surface area contributed by atoms with Crippen LogP contribution in [0.2, 0.25) is 19.6 Å². The topological polar surface area (TPSA) is 52.6 Å². The molecular formula is C17H20O4Si. The molecule has 0 N–H and O–H groups in total. The van der Waals surface area contributed by atoms with Crippen molar-refractivity contribution in [1.29, 1.82) is 0 Å².